The first kappa shape index (κ1) is 10.4. The van der Waals surface area contributed by atoms with Crippen molar-refractivity contribution >= 4 is 5.69 Å². The number of nitrogen functional groups attached to an aromatic ring is 1. The van der Waals surface area contributed by atoms with Gasteiger partial charge in [0.05, 0.1) is 18.4 Å². The van der Waals surface area contributed by atoms with Crippen LogP contribution in [0.1, 0.15) is 12.6 Å². The maximum Gasteiger partial charge on any atom is 0.0674 e. The number of pyridine rings is 1. The van der Waals surface area contributed by atoms with Crippen LogP contribution in [0.5, 0.6) is 0 Å². The number of hydrogen-bond acceptors (Lipinski definition) is 4. The SMILES string of the molecule is CC1CN(Cc2cc(N)ccn2)CCO1. The van der Waals surface area contributed by atoms with Crippen LogP contribution in [0, 0.1) is 0 Å². The fourth-order valence-corrected chi connectivity index (χ4v) is 1.85. The molecular formula is C11H17N3O. The average molecular weight is 207 g/mol. The number of nitrogens with zero attached hydrogens (tertiary/aromatic N) is 2. The standard InChI is InChI=1S/C11H17N3O/c1-9-7-14(4-5-15-9)8-11-6-10(12)2-3-13-11/h2-3,6,9H,4-5,7-8H2,1H3,(H2,12,13). The van der Waals surface area contributed by atoms with Crippen LogP contribution in [-0.4, -0.2) is 35.7 Å². The zero-order chi connectivity index (χ0) is 10.7. The fraction of sp³-hybridized carbons (Fsp3) is 0.545. The van der Waals surface area contributed by atoms with Crippen LogP contribution < -0.4 is 5.73 Å². The molecule has 4 heteroatoms. The summed E-state index contributed by atoms with van der Waals surface area (Å²) in [7, 11) is 0. The lowest BCUT2D eigenvalue weighted by atomic mass is 10.2. The van der Waals surface area contributed by atoms with E-state index in [1.807, 2.05) is 12.1 Å². The molecule has 1 aromatic heterocycles. The molecule has 0 radical (unpaired) electrons. The molecule has 2 rings (SSSR count). The van der Waals surface area contributed by atoms with E-state index in [1.165, 1.54) is 0 Å². The van der Waals surface area contributed by atoms with E-state index in [4.69, 9.17) is 10.5 Å². The third-order valence-electron chi connectivity index (χ3n) is 2.55. The predicted octanol–water partition coefficient (Wildman–Crippen LogP) is 0.885. The summed E-state index contributed by atoms with van der Waals surface area (Å²) >= 11 is 0. The molecule has 1 atom stereocenters. The smallest absolute Gasteiger partial charge is 0.0674 e. The Morgan fingerprint density at radius 3 is 3.27 bits per heavy atom. The van der Waals surface area contributed by atoms with E-state index in [-0.39, 0.29) is 0 Å². The Kier molecular flexibility index (Phi) is 3.18. The van der Waals surface area contributed by atoms with Crippen LogP contribution in [0.25, 0.3) is 0 Å². The monoisotopic (exact) mass is 207 g/mol. The Bertz CT molecular complexity index is 329. The lowest BCUT2D eigenvalue weighted by Gasteiger charge is -2.30. The van der Waals surface area contributed by atoms with Gasteiger partial charge in [-0.3, -0.25) is 9.88 Å². The van der Waals surface area contributed by atoms with Gasteiger partial charge in [-0.05, 0) is 19.1 Å². The Hall–Kier alpha value is -1.13. The first-order chi connectivity index (χ1) is 7.24. The van der Waals surface area contributed by atoms with E-state index in [9.17, 15) is 0 Å². The zero-order valence-corrected chi connectivity index (χ0v) is 9.02. The van der Waals surface area contributed by atoms with E-state index in [2.05, 4.69) is 16.8 Å². The first-order valence-corrected chi connectivity index (χ1v) is 5.28. The highest BCUT2D eigenvalue weighted by Gasteiger charge is 2.16. The van der Waals surface area contributed by atoms with Crippen molar-refractivity contribution in [3.8, 4) is 0 Å². The lowest BCUT2D eigenvalue weighted by Crippen LogP contribution is -2.40. The molecule has 0 amide bonds. The minimum atomic E-state index is 0.319. The Morgan fingerprint density at radius 2 is 2.53 bits per heavy atom. The number of ether oxygens (including phenoxy) is 1. The van der Waals surface area contributed by atoms with Gasteiger partial charge in [-0.25, -0.2) is 0 Å². The molecule has 1 aromatic rings. The van der Waals surface area contributed by atoms with Crippen LogP contribution in [0.3, 0.4) is 0 Å². The highest BCUT2D eigenvalue weighted by molar-refractivity contribution is 5.37. The second kappa shape index (κ2) is 4.59. The van der Waals surface area contributed by atoms with Gasteiger partial charge in [-0.1, -0.05) is 0 Å². The lowest BCUT2D eigenvalue weighted by molar-refractivity contribution is -0.0215. The molecule has 1 fully saturated rings. The summed E-state index contributed by atoms with van der Waals surface area (Å²) in [5.74, 6) is 0. The molecule has 0 spiro atoms. The predicted molar refractivity (Wildman–Crippen MR) is 59.3 cm³/mol. The molecule has 2 N–H and O–H groups in total. The zero-order valence-electron chi connectivity index (χ0n) is 9.02. The van der Waals surface area contributed by atoms with Crippen molar-refractivity contribution in [1.82, 2.24) is 9.88 Å². The van der Waals surface area contributed by atoms with Crippen LogP contribution in [0.4, 0.5) is 5.69 Å². The highest BCUT2D eigenvalue weighted by Crippen LogP contribution is 2.10. The maximum absolute atomic E-state index is 5.71. The minimum Gasteiger partial charge on any atom is -0.399 e. The second-order valence-electron chi connectivity index (χ2n) is 4.00. The number of anilines is 1. The summed E-state index contributed by atoms with van der Waals surface area (Å²) in [6.45, 7) is 5.71. The maximum atomic E-state index is 5.71. The molecule has 2 heterocycles. The quantitative estimate of drug-likeness (QED) is 0.782. The fourth-order valence-electron chi connectivity index (χ4n) is 1.85. The van der Waals surface area contributed by atoms with Crippen molar-refractivity contribution in [3.05, 3.63) is 24.0 Å². The summed E-state index contributed by atoms with van der Waals surface area (Å²) in [6, 6.07) is 3.74. The number of rotatable bonds is 2. The normalized spacial score (nSPS) is 22.9. The summed E-state index contributed by atoms with van der Waals surface area (Å²) in [4.78, 5) is 6.64. The second-order valence-corrected chi connectivity index (χ2v) is 4.00. The van der Waals surface area contributed by atoms with E-state index >= 15 is 0 Å². The van der Waals surface area contributed by atoms with Gasteiger partial charge in [0.15, 0.2) is 0 Å². The van der Waals surface area contributed by atoms with Crippen LogP contribution in [-0.2, 0) is 11.3 Å². The molecule has 0 aliphatic carbocycles. The van der Waals surface area contributed by atoms with Gasteiger partial charge in [0.1, 0.15) is 0 Å². The molecule has 1 unspecified atom stereocenters. The summed E-state index contributed by atoms with van der Waals surface area (Å²) in [5.41, 5.74) is 7.52. The summed E-state index contributed by atoms with van der Waals surface area (Å²) in [5, 5.41) is 0. The summed E-state index contributed by atoms with van der Waals surface area (Å²) in [6.07, 6.45) is 2.08. The molecule has 0 bridgehead atoms. The molecule has 4 nitrogen and oxygen atoms in total. The minimum absolute atomic E-state index is 0.319. The van der Waals surface area contributed by atoms with Crippen molar-refractivity contribution in [3.63, 3.8) is 0 Å². The first-order valence-electron chi connectivity index (χ1n) is 5.28. The van der Waals surface area contributed by atoms with Gasteiger partial charge in [0, 0.05) is 31.5 Å². The van der Waals surface area contributed by atoms with Crippen molar-refractivity contribution in [2.75, 3.05) is 25.4 Å². The summed E-state index contributed by atoms with van der Waals surface area (Å²) < 4.78 is 5.48. The highest BCUT2D eigenvalue weighted by atomic mass is 16.5. The largest absolute Gasteiger partial charge is 0.399 e. The molecule has 1 aliphatic heterocycles. The average Bonchev–Trinajstić information content (AvgIpc) is 2.17. The van der Waals surface area contributed by atoms with E-state index in [0.717, 1.165) is 37.6 Å². The Labute approximate surface area is 90.0 Å². The van der Waals surface area contributed by atoms with Gasteiger partial charge >= 0.3 is 0 Å². The third kappa shape index (κ3) is 2.91. The Morgan fingerprint density at radius 1 is 1.67 bits per heavy atom. The van der Waals surface area contributed by atoms with Gasteiger partial charge in [0.25, 0.3) is 0 Å². The van der Waals surface area contributed by atoms with Crippen molar-refractivity contribution in [2.45, 2.75) is 19.6 Å². The molecule has 0 saturated carbocycles. The van der Waals surface area contributed by atoms with Gasteiger partial charge in [-0.2, -0.15) is 0 Å². The third-order valence-corrected chi connectivity index (χ3v) is 2.55. The van der Waals surface area contributed by atoms with Gasteiger partial charge in [0.2, 0.25) is 0 Å². The molecule has 15 heavy (non-hydrogen) atoms. The van der Waals surface area contributed by atoms with Crippen molar-refractivity contribution < 1.29 is 4.74 Å². The van der Waals surface area contributed by atoms with Gasteiger partial charge in [-0.15, -0.1) is 0 Å². The number of nitrogens with two attached hydrogens (primary N) is 1. The van der Waals surface area contributed by atoms with Crippen molar-refractivity contribution in [1.29, 1.82) is 0 Å². The number of morpholine rings is 1. The van der Waals surface area contributed by atoms with E-state index < -0.39 is 0 Å². The van der Waals surface area contributed by atoms with E-state index in [0.29, 0.717) is 6.10 Å². The van der Waals surface area contributed by atoms with Crippen LogP contribution in [0.2, 0.25) is 0 Å². The molecule has 82 valence electrons. The molecule has 1 aliphatic rings. The van der Waals surface area contributed by atoms with Crippen LogP contribution in [0.15, 0.2) is 18.3 Å². The molecule has 0 aromatic carbocycles. The number of aromatic nitrogens is 1. The van der Waals surface area contributed by atoms with Gasteiger partial charge < -0.3 is 10.5 Å². The molecular weight excluding hydrogens is 190 g/mol. The number of hydrogen-bond donors (Lipinski definition) is 1. The van der Waals surface area contributed by atoms with Crippen LogP contribution >= 0.6 is 0 Å². The van der Waals surface area contributed by atoms with E-state index in [1.54, 1.807) is 6.20 Å². The molecule has 1 saturated heterocycles. The Balaban J connectivity index is 1.96. The topological polar surface area (TPSA) is 51.4 Å². The van der Waals surface area contributed by atoms with Crippen molar-refractivity contribution in [2.24, 2.45) is 0 Å².